The van der Waals surface area contributed by atoms with Gasteiger partial charge < -0.3 is 19.2 Å². The lowest BCUT2D eigenvalue weighted by molar-refractivity contribution is -0.141. The lowest BCUT2D eigenvalue weighted by atomic mass is 10.1. The van der Waals surface area contributed by atoms with Gasteiger partial charge in [0.25, 0.3) is 5.56 Å². The molecule has 0 saturated heterocycles. The average Bonchev–Trinajstić information content (AvgIpc) is 2.97. The number of aromatic amines is 1. The summed E-state index contributed by atoms with van der Waals surface area (Å²) in [5.74, 6) is -1.37. The maximum Gasteiger partial charge on any atom is 0.306 e. The highest BCUT2D eigenvalue weighted by Gasteiger charge is 2.16. The van der Waals surface area contributed by atoms with E-state index in [4.69, 9.17) is 9.84 Å². The number of aliphatic carboxylic acids is 1. The van der Waals surface area contributed by atoms with Crippen molar-refractivity contribution in [2.75, 3.05) is 6.61 Å². The van der Waals surface area contributed by atoms with Crippen LogP contribution in [0.4, 0.5) is 0 Å². The van der Waals surface area contributed by atoms with E-state index in [-0.39, 0.29) is 5.56 Å². The van der Waals surface area contributed by atoms with E-state index < -0.39 is 11.9 Å². The van der Waals surface area contributed by atoms with Gasteiger partial charge in [0.15, 0.2) is 0 Å². The molecule has 6 heteroatoms. The third kappa shape index (κ3) is 2.92. The van der Waals surface area contributed by atoms with Crippen LogP contribution in [0.25, 0.3) is 16.6 Å². The fourth-order valence-electron chi connectivity index (χ4n) is 2.88. The number of hydrogen-bond donors (Lipinski definition) is 2. The van der Waals surface area contributed by atoms with Gasteiger partial charge in [0.2, 0.25) is 0 Å². The Hall–Kier alpha value is -2.60. The number of benzene rings is 1. The summed E-state index contributed by atoms with van der Waals surface area (Å²) >= 11 is 0. The number of rotatable bonds is 6. The molecule has 1 atom stereocenters. The molecule has 6 nitrogen and oxygen atoms in total. The van der Waals surface area contributed by atoms with Crippen LogP contribution in [0.3, 0.4) is 0 Å². The van der Waals surface area contributed by atoms with Gasteiger partial charge in [0.1, 0.15) is 5.52 Å². The number of carboxylic acid groups (broad SMARTS) is 1. The van der Waals surface area contributed by atoms with Crippen molar-refractivity contribution in [2.24, 2.45) is 5.92 Å². The Morgan fingerprint density at radius 2 is 2.04 bits per heavy atom. The number of fused-ring (bicyclic) bond motifs is 3. The van der Waals surface area contributed by atoms with Crippen LogP contribution < -0.4 is 5.56 Å². The van der Waals surface area contributed by atoms with Gasteiger partial charge in [-0.25, -0.2) is 0 Å². The maximum atomic E-state index is 12.3. The third-order valence-electron chi connectivity index (χ3n) is 4.15. The summed E-state index contributed by atoms with van der Waals surface area (Å²) in [4.78, 5) is 26.4. The normalized spacial score (nSPS) is 12.8. The predicted molar refractivity (Wildman–Crippen MR) is 91.4 cm³/mol. The van der Waals surface area contributed by atoms with E-state index in [9.17, 15) is 9.59 Å². The smallest absolute Gasteiger partial charge is 0.306 e. The summed E-state index contributed by atoms with van der Waals surface area (Å²) < 4.78 is 7.26. The molecule has 0 fully saturated rings. The van der Waals surface area contributed by atoms with Crippen molar-refractivity contribution in [1.82, 2.24) is 9.38 Å². The number of aromatic nitrogens is 2. The van der Waals surface area contributed by atoms with Crippen molar-refractivity contribution in [1.29, 1.82) is 0 Å². The highest BCUT2D eigenvalue weighted by atomic mass is 16.5. The molecule has 2 heterocycles. The van der Waals surface area contributed by atoms with E-state index in [1.807, 2.05) is 35.6 Å². The van der Waals surface area contributed by atoms with E-state index in [2.05, 4.69) is 4.98 Å². The number of H-pyrrole nitrogens is 1. The zero-order chi connectivity index (χ0) is 17.3. The van der Waals surface area contributed by atoms with Gasteiger partial charge in [-0.3, -0.25) is 9.59 Å². The quantitative estimate of drug-likeness (QED) is 0.728. The minimum absolute atomic E-state index is 0.190. The Bertz CT molecular complexity index is 955. The lowest BCUT2D eigenvalue weighted by Crippen LogP contribution is -2.15. The molecule has 0 bridgehead atoms. The highest BCUT2D eigenvalue weighted by molar-refractivity contribution is 5.79. The molecule has 3 rings (SSSR count). The number of ether oxygens (including phenoxy) is 1. The fourth-order valence-corrected chi connectivity index (χ4v) is 2.88. The number of carbonyl (C=O) groups is 1. The van der Waals surface area contributed by atoms with Crippen LogP contribution in [-0.2, 0) is 22.6 Å². The third-order valence-corrected chi connectivity index (χ3v) is 4.15. The number of nitrogens with one attached hydrogen (secondary N) is 1. The summed E-state index contributed by atoms with van der Waals surface area (Å²) in [6, 6.07) is 9.34. The minimum atomic E-state index is -0.849. The first-order valence-corrected chi connectivity index (χ1v) is 7.97. The lowest BCUT2D eigenvalue weighted by Gasteiger charge is -2.11. The zero-order valence-electron chi connectivity index (χ0n) is 13.7. The van der Waals surface area contributed by atoms with E-state index in [1.165, 1.54) is 0 Å². The molecule has 24 heavy (non-hydrogen) atoms. The van der Waals surface area contributed by atoms with Gasteiger partial charge in [0, 0.05) is 18.7 Å². The van der Waals surface area contributed by atoms with Gasteiger partial charge in [-0.2, -0.15) is 0 Å². The molecule has 0 amide bonds. The summed E-state index contributed by atoms with van der Waals surface area (Å²) in [6.45, 7) is 4.71. The Balaban J connectivity index is 2.15. The summed E-state index contributed by atoms with van der Waals surface area (Å²) in [5.41, 5.74) is 3.69. The van der Waals surface area contributed by atoms with Gasteiger partial charge in [-0.05, 0) is 36.8 Å². The Morgan fingerprint density at radius 1 is 1.29 bits per heavy atom. The number of carboxylic acids is 1. The molecule has 126 valence electrons. The molecule has 1 aromatic carbocycles. The first-order chi connectivity index (χ1) is 11.5. The molecule has 2 aromatic heterocycles. The second kappa shape index (κ2) is 6.49. The molecule has 0 radical (unpaired) electrons. The second-order valence-corrected chi connectivity index (χ2v) is 5.93. The highest BCUT2D eigenvalue weighted by Crippen LogP contribution is 2.20. The first-order valence-electron chi connectivity index (χ1n) is 7.97. The van der Waals surface area contributed by atoms with Crippen LogP contribution in [0.2, 0.25) is 0 Å². The summed E-state index contributed by atoms with van der Waals surface area (Å²) in [6.07, 6.45) is 0.364. The van der Waals surface area contributed by atoms with Crippen molar-refractivity contribution in [3.8, 4) is 0 Å². The SMILES string of the molecule is CCOCc1ccc2c(c1)[nH]c(=O)c1ccc(CC(C)C(=O)O)n12. The Kier molecular flexibility index (Phi) is 4.40. The summed E-state index contributed by atoms with van der Waals surface area (Å²) in [5, 5.41) is 9.15. The zero-order valence-corrected chi connectivity index (χ0v) is 13.7. The molecule has 0 saturated carbocycles. The van der Waals surface area contributed by atoms with Crippen molar-refractivity contribution in [3.05, 3.63) is 51.9 Å². The molecule has 0 aliphatic rings. The summed E-state index contributed by atoms with van der Waals surface area (Å²) in [7, 11) is 0. The van der Waals surface area contributed by atoms with Crippen LogP contribution in [-0.4, -0.2) is 27.1 Å². The van der Waals surface area contributed by atoms with Crippen LogP contribution in [0.1, 0.15) is 25.1 Å². The van der Waals surface area contributed by atoms with E-state index >= 15 is 0 Å². The van der Waals surface area contributed by atoms with Crippen molar-refractivity contribution >= 4 is 22.5 Å². The molecule has 3 aromatic rings. The van der Waals surface area contributed by atoms with Gasteiger partial charge in [0.05, 0.1) is 23.6 Å². The first kappa shape index (κ1) is 16.3. The monoisotopic (exact) mass is 328 g/mol. The van der Waals surface area contributed by atoms with Gasteiger partial charge in [-0.15, -0.1) is 0 Å². The fraction of sp³-hybridized carbons (Fsp3) is 0.333. The van der Waals surface area contributed by atoms with Gasteiger partial charge >= 0.3 is 5.97 Å². The molecular formula is C18H20N2O4. The molecular weight excluding hydrogens is 308 g/mol. The van der Waals surface area contributed by atoms with Crippen LogP contribution in [0, 0.1) is 5.92 Å². The number of nitrogens with zero attached hydrogens (tertiary/aromatic N) is 1. The standard InChI is InChI=1S/C18H20N2O4/c1-3-24-10-12-4-6-15-14(9-12)19-17(21)16-7-5-13(20(15)16)8-11(2)18(22)23/h4-7,9,11H,3,8,10H2,1-2H3,(H,19,21)(H,22,23). The molecule has 0 spiro atoms. The molecule has 2 N–H and O–H groups in total. The molecule has 0 aliphatic heterocycles. The van der Waals surface area contributed by atoms with E-state index in [1.54, 1.807) is 13.0 Å². The van der Waals surface area contributed by atoms with Crippen molar-refractivity contribution < 1.29 is 14.6 Å². The molecule has 1 unspecified atom stereocenters. The Labute approximate surface area is 138 Å². The van der Waals surface area contributed by atoms with Crippen LogP contribution in [0.15, 0.2) is 35.1 Å². The average molecular weight is 328 g/mol. The second-order valence-electron chi connectivity index (χ2n) is 5.93. The predicted octanol–water partition coefficient (Wildman–Crippen LogP) is 2.58. The van der Waals surface area contributed by atoms with E-state index in [0.717, 1.165) is 16.8 Å². The molecule has 0 aliphatic carbocycles. The Morgan fingerprint density at radius 3 is 2.75 bits per heavy atom. The minimum Gasteiger partial charge on any atom is -0.481 e. The van der Waals surface area contributed by atoms with E-state index in [0.29, 0.717) is 30.7 Å². The van der Waals surface area contributed by atoms with Gasteiger partial charge in [-0.1, -0.05) is 13.0 Å². The van der Waals surface area contributed by atoms with Crippen molar-refractivity contribution in [2.45, 2.75) is 26.9 Å². The largest absolute Gasteiger partial charge is 0.481 e. The van der Waals surface area contributed by atoms with Crippen LogP contribution >= 0.6 is 0 Å². The number of hydrogen-bond acceptors (Lipinski definition) is 3. The van der Waals surface area contributed by atoms with Crippen molar-refractivity contribution in [3.63, 3.8) is 0 Å². The maximum absolute atomic E-state index is 12.3. The van der Waals surface area contributed by atoms with Crippen LogP contribution in [0.5, 0.6) is 0 Å². The topological polar surface area (TPSA) is 83.8 Å².